The van der Waals surface area contributed by atoms with E-state index in [0.29, 0.717) is 10.6 Å². The quantitative estimate of drug-likeness (QED) is 0.568. The first-order valence-corrected chi connectivity index (χ1v) is 8.09. The first kappa shape index (κ1) is 17.4. The van der Waals surface area contributed by atoms with E-state index < -0.39 is 5.56 Å². The van der Waals surface area contributed by atoms with Gasteiger partial charge in [0.05, 0.1) is 11.9 Å². The van der Waals surface area contributed by atoms with Crippen LogP contribution in [-0.2, 0) is 7.05 Å². The second-order valence-corrected chi connectivity index (χ2v) is 5.86. The monoisotopic (exact) mass is 363 g/mol. The van der Waals surface area contributed by atoms with Crippen molar-refractivity contribution in [1.82, 2.24) is 9.55 Å². The molecule has 7 heteroatoms. The Morgan fingerprint density at radius 3 is 2.54 bits per heavy atom. The van der Waals surface area contributed by atoms with Gasteiger partial charge in [0.15, 0.2) is 0 Å². The van der Waals surface area contributed by atoms with E-state index >= 15 is 0 Å². The zero-order chi connectivity index (χ0) is 18.5. The molecule has 0 saturated carbocycles. The van der Waals surface area contributed by atoms with Gasteiger partial charge < -0.3 is 0 Å². The second kappa shape index (κ2) is 7.64. The van der Waals surface area contributed by atoms with Crippen LogP contribution in [0.1, 0.15) is 11.1 Å². The van der Waals surface area contributed by atoms with Crippen LogP contribution in [0, 0.1) is 11.3 Å². The van der Waals surface area contributed by atoms with Crippen LogP contribution < -0.4 is 11.0 Å². The van der Waals surface area contributed by atoms with Crippen LogP contribution in [0.2, 0.25) is 5.02 Å². The van der Waals surface area contributed by atoms with Crippen molar-refractivity contribution in [2.24, 2.45) is 12.1 Å². The summed E-state index contributed by atoms with van der Waals surface area (Å²) in [5.74, 6) is 0.228. The first-order chi connectivity index (χ1) is 12.6. The molecule has 1 heterocycles. The molecule has 1 aromatic heterocycles. The van der Waals surface area contributed by atoms with Gasteiger partial charge in [0.25, 0.3) is 5.56 Å². The molecule has 0 aliphatic rings. The molecule has 0 fully saturated rings. The zero-order valence-electron chi connectivity index (χ0n) is 13.8. The lowest BCUT2D eigenvalue weighted by Crippen LogP contribution is -2.24. The summed E-state index contributed by atoms with van der Waals surface area (Å²) >= 11 is 5.90. The smallest absolute Gasteiger partial charge is 0.273 e. The molecule has 26 heavy (non-hydrogen) atoms. The maximum Gasteiger partial charge on any atom is 0.273 e. The summed E-state index contributed by atoms with van der Waals surface area (Å²) in [5, 5.41) is 14.1. The van der Waals surface area contributed by atoms with Gasteiger partial charge in [-0.1, -0.05) is 54.1 Å². The van der Waals surface area contributed by atoms with Gasteiger partial charge in [0.2, 0.25) is 5.95 Å². The number of rotatable bonds is 4. The number of hydrogen-bond donors (Lipinski definition) is 1. The van der Waals surface area contributed by atoms with Crippen molar-refractivity contribution in [2.75, 3.05) is 5.43 Å². The molecule has 128 valence electrons. The third kappa shape index (κ3) is 3.63. The highest BCUT2D eigenvalue weighted by Crippen LogP contribution is 2.22. The Morgan fingerprint density at radius 1 is 1.19 bits per heavy atom. The fraction of sp³-hybridized carbons (Fsp3) is 0.0526. The van der Waals surface area contributed by atoms with Crippen molar-refractivity contribution in [1.29, 1.82) is 5.26 Å². The topological polar surface area (TPSA) is 83.1 Å². The summed E-state index contributed by atoms with van der Waals surface area (Å²) in [5.41, 5.74) is 4.08. The maximum absolute atomic E-state index is 12.5. The Balaban J connectivity index is 2.01. The molecule has 3 aromatic rings. The predicted molar refractivity (Wildman–Crippen MR) is 102 cm³/mol. The van der Waals surface area contributed by atoms with Crippen LogP contribution in [-0.4, -0.2) is 15.8 Å². The van der Waals surface area contributed by atoms with Crippen LogP contribution in [0.4, 0.5) is 5.95 Å². The molecular formula is C19H14ClN5O. The van der Waals surface area contributed by atoms with Gasteiger partial charge in [-0.2, -0.15) is 10.4 Å². The minimum absolute atomic E-state index is 0.0348. The summed E-state index contributed by atoms with van der Waals surface area (Å²) in [6, 6.07) is 18.2. The van der Waals surface area contributed by atoms with Crippen LogP contribution >= 0.6 is 11.6 Å². The highest BCUT2D eigenvalue weighted by molar-refractivity contribution is 6.30. The third-order valence-corrected chi connectivity index (χ3v) is 3.95. The van der Waals surface area contributed by atoms with Crippen molar-refractivity contribution >= 4 is 23.8 Å². The van der Waals surface area contributed by atoms with Gasteiger partial charge in [-0.15, -0.1) is 0 Å². The summed E-state index contributed by atoms with van der Waals surface area (Å²) in [7, 11) is 1.53. The number of aromatic nitrogens is 2. The predicted octanol–water partition coefficient (Wildman–Crippen LogP) is 3.42. The van der Waals surface area contributed by atoms with Gasteiger partial charge in [-0.05, 0) is 17.7 Å². The Labute approximate surface area is 155 Å². The van der Waals surface area contributed by atoms with Crippen molar-refractivity contribution in [3.8, 4) is 17.3 Å². The maximum atomic E-state index is 12.5. The van der Waals surface area contributed by atoms with E-state index in [1.807, 2.05) is 36.4 Å². The molecule has 0 amide bonds. The van der Waals surface area contributed by atoms with Crippen molar-refractivity contribution in [2.45, 2.75) is 0 Å². The van der Waals surface area contributed by atoms with Gasteiger partial charge in [-0.3, -0.25) is 9.36 Å². The minimum atomic E-state index is -0.454. The van der Waals surface area contributed by atoms with Crippen LogP contribution in [0.15, 0.2) is 64.5 Å². The number of hydrazone groups is 1. The molecule has 0 aliphatic carbocycles. The molecule has 0 saturated heterocycles. The fourth-order valence-corrected chi connectivity index (χ4v) is 2.45. The molecule has 0 atom stereocenters. The van der Waals surface area contributed by atoms with Crippen LogP contribution in [0.3, 0.4) is 0 Å². The molecule has 2 aromatic carbocycles. The molecule has 0 spiro atoms. The van der Waals surface area contributed by atoms with E-state index in [-0.39, 0.29) is 17.2 Å². The highest BCUT2D eigenvalue weighted by atomic mass is 35.5. The molecule has 0 unspecified atom stereocenters. The summed E-state index contributed by atoms with van der Waals surface area (Å²) < 4.78 is 1.25. The number of nitrogens with zero attached hydrogens (tertiary/aromatic N) is 4. The summed E-state index contributed by atoms with van der Waals surface area (Å²) in [4.78, 5) is 16.9. The number of nitrogens with one attached hydrogen (secondary N) is 1. The first-order valence-electron chi connectivity index (χ1n) is 7.71. The Bertz CT molecular complexity index is 1050. The lowest BCUT2D eigenvalue weighted by molar-refractivity contribution is 0.826. The average molecular weight is 364 g/mol. The third-order valence-electron chi connectivity index (χ3n) is 3.70. The number of anilines is 1. The Morgan fingerprint density at radius 2 is 1.88 bits per heavy atom. The highest BCUT2D eigenvalue weighted by Gasteiger charge is 2.16. The van der Waals surface area contributed by atoms with Crippen molar-refractivity contribution in [3.63, 3.8) is 0 Å². The van der Waals surface area contributed by atoms with Gasteiger partial charge in [0.1, 0.15) is 11.6 Å². The van der Waals surface area contributed by atoms with E-state index in [0.717, 1.165) is 5.56 Å². The second-order valence-electron chi connectivity index (χ2n) is 5.42. The minimum Gasteiger partial charge on any atom is -0.279 e. The molecule has 0 bridgehead atoms. The molecular weight excluding hydrogens is 350 g/mol. The van der Waals surface area contributed by atoms with Gasteiger partial charge in [0, 0.05) is 17.6 Å². The number of halogens is 1. The lowest BCUT2D eigenvalue weighted by atomic mass is 10.1. The molecule has 3 rings (SSSR count). The molecule has 0 radical (unpaired) electrons. The van der Waals surface area contributed by atoms with Crippen molar-refractivity contribution < 1.29 is 0 Å². The number of benzene rings is 2. The summed E-state index contributed by atoms with van der Waals surface area (Å²) in [6.45, 7) is 0. The number of hydrogen-bond acceptors (Lipinski definition) is 5. The van der Waals surface area contributed by atoms with Crippen LogP contribution in [0.5, 0.6) is 0 Å². The Kier molecular flexibility index (Phi) is 5.11. The normalized spacial score (nSPS) is 10.7. The average Bonchev–Trinajstić information content (AvgIpc) is 2.66. The molecule has 0 aliphatic heterocycles. The van der Waals surface area contributed by atoms with Gasteiger partial charge in [-0.25, -0.2) is 10.4 Å². The fourth-order valence-electron chi connectivity index (χ4n) is 2.32. The summed E-state index contributed by atoms with van der Waals surface area (Å²) in [6.07, 6.45) is 1.62. The standard InChI is InChI=1S/C19H14ClN5O/c1-25-18(26)16(11-21)17(14-7-9-15(20)10-8-14)23-19(25)24-22-12-13-5-3-2-4-6-13/h2-10,12H,1H3,(H,23,24)/b22-12+. The van der Waals surface area contributed by atoms with Crippen LogP contribution in [0.25, 0.3) is 11.3 Å². The lowest BCUT2D eigenvalue weighted by Gasteiger charge is -2.10. The molecule has 6 nitrogen and oxygen atoms in total. The Hall–Kier alpha value is -3.43. The van der Waals surface area contributed by atoms with E-state index in [4.69, 9.17) is 11.6 Å². The largest absolute Gasteiger partial charge is 0.279 e. The van der Waals surface area contributed by atoms with Gasteiger partial charge >= 0.3 is 0 Å². The zero-order valence-corrected chi connectivity index (χ0v) is 14.6. The van der Waals surface area contributed by atoms with E-state index in [1.54, 1.807) is 30.5 Å². The number of nitriles is 1. The molecule has 1 N–H and O–H groups in total. The van der Waals surface area contributed by atoms with E-state index in [9.17, 15) is 10.1 Å². The van der Waals surface area contributed by atoms with E-state index in [1.165, 1.54) is 11.6 Å². The SMILES string of the molecule is Cn1c(N/N=C/c2ccccc2)nc(-c2ccc(Cl)cc2)c(C#N)c1=O. The van der Waals surface area contributed by atoms with Crippen molar-refractivity contribution in [3.05, 3.63) is 81.1 Å². The van der Waals surface area contributed by atoms with E-state index in [2.05, 4.69) is 15.5 Å².